The molecule has 2 nitrogen and oxygen atoms in total. The van der Waals surface area contributed by atoms with Gasteiger partial charge in [0.25, 0.3) is 0 Å². The monoisotopic (exact) mass is 763 g/mol. The van der Waals surface area contributed by atoms with Crippen LogP contribution in [0.15, 0.2) is 229 Å². The second kappa shape index (κ2) is 13.9. The van der Waals surface area contributed by atoms with Crippen molar-refractivity contribution in [2.24, 2.45) is 0 Å². The first kappa shape index (κ1) is 34.1. The summed E-state index contributed by atoms with van der Waals surface area (Å²) in [7, 11) is 0. The highest BCUT2D eigenvalue weighted by atomic mass is 16.3. The molecule has 12 rings (SSSR count). The molecule has 0 fully saturated rings. The maximum atomic E-state index is 6.51. The highest BCUT2D eigenvalue weighted by Gasteiger charge is 2.18. The minimum Gasteiger partial charge on any atom is -0.455 e. The maximum Gasteiger partial charge on any atom is 0.143 e. The Morgan fingerprint density at radius 1 is 0.267 bits per heavy atom. The molecule has 2 heteroatoms. The zero-order valence-electron chi connectivity index (χ0n) is 32.7. The van der Waals surface area contributed by atoms with Gasteiger partial charge in [-0.05, 0) is 120 Å². The summed E-state index contributed by atoms with van der Waals surface area (Å²) >= 11 is 0. The minimum absolute atomic E-state index is 0.938. The van der Waals surface area contributed by atoms with Gasteiger partial charge in [0.15, 0.2) is 0 Å². The van der Waals surface area contributed by atoms with E-state index in [4.69, 9.17) is 4.42 Å². The summed E-state index contributed by atoms with van der Waals surface area (Å²) < 4.78 is 6.51. The van der Waals surface area contributed by atoms with Crippen molar-refractivity contribution in [2.75, 3.05) is 4.90 Å². The molecular weight excluding hydrogens is 727 g/mol. The van der Waals surface area contributed by atoms with Crippen LogP contribution in [0.2, 0.25) is 0 Å². The van der Waals surface area contributed by atoms with Crippen LogP contribution in [0.25, 0.3) is 98.8 Å². The zero-order valence-corrected chi connectivity index (χ0v) is 32.7. The van der Waals surface area contributed by atoms with Crippen LogP contribution in [0.4, 0.5) is 17.1 Å². The highest BCUT2D eigenvalue weighted by molar-refractivity contribution is 6.24. The lowest BCUT2D eigenvalue weighted by Crippen LogP contribution is -2.09. The molecular formula is C58H37NO. The van der Waals surface area contributed by atoms with Gasteiger partial charge >= 0.3 is 0 Å². The van der Waals surface area contributed by atoms with E-state index in [0.717, 1.165) is 44.9 Å². The van der Waals surface area contributed by atoms with E-state index in [1.807, 2.05) is 0 Å². The molecule has 11 aromatic carbocycles. The molecule has 0 atom stereocenters. The predicted molar refractivity (Wildman–Crippen MR) is 254 cm³/mol. The molecule has 0 saturated heterocycles. The van der Waals surface area contributed by atoms with Gasteiger partial charge in [-0.3, -0.25) is 0 Å². The molecule has 0 spiro atoms. The first-order valence-corrected chi connectivity index (χ1v) is 20.6. The molecule has 1 aromatic heterocycles. The van der Waals surface area contributed by atoms with E-state index < -0.39 is 0 Å². The third-order valence-corrected chi connectivity index (χ3v) is 12.3. The van der Waals surface area contributed by atoms with Gasteiger partial charge in [0, 0.05) is 33.4 Å². The fraction of sp³-hybridized carbons (Fsp3) is 0. The van der Waals surface area contributed by atoms with Gasteiger partial charge in [0.05, 0.1) is 0 Å². The number of furan rings is 1. The SMILES string of the molecule is c1ccc2c(-c3ccc(N(c4ccc(-c5ccc(-c6ccc7ccc8cccc9oc6c7c89)cc5)cc4)c4ccc(-c5cccc6ccccc56)cc4)cc3)cccc2c1. The summed E-state index contributed by atoms with van der Waals surface area (Å²) in [6.07, 6.45) is 0. The second-order valence-electron chi connectivity index (χ2n) is 15.7. The van der Waals surface area contributed by atoms with Crippen molar-refractivity contribution in [3.8, 4) is 44.5 Å². The number of rotatable bonds is 7. The molecule has 0 aliphatic carbocycles. The Labute approximate surface area is 348 Å². The number of hydrogen-bond acceptors (Lipinski definition) is 2. The summed E-state index contributed by atoms with van der Waals surface area (Å²) in [4.78, 5) is 2.35. The normalized spacial score (nSPS) is 11.7. The minimum atomic E-state index is 0.938. The molecule has 0 saturated carbocycles. The van der Waals surface area contributed by atoms with Crippen molar-refractivity contribution >= 4 is 71.3 Å². The first-order valence-electron chi connectivity index (χ1n) is 20.6. The van der Waals surface area contributed by atoms with Crippen LogP contribution < -0.4 is 4.90 Å². The fourth-order valence-corrected chi connectivity index (χ4v) is 9.28. The Hall–Kier alpha value is -7.94. The lowest BCUT2D eigenvalue weighted by atomic mass is 9.95. The van der Waals surface area contributed by atoms with Gasteiger partial charge in [-0.15, -0.1) is 0 Å². The molecule has 0 N–H and O–H groups in total. The van der Waals surface area contributed by atoms with E-state index in [-0.39, 0.29) is 0 Å². The molecule has 0 aliphatic rings. The van der Waals surface area contributed by atoms with Crippen LogP contribution in [0.3, 0.4) is 0 Å². The average Bonchev–Trinajstić information content (AvgIpc) is 3.72. The molecule has 0 aliphatic heterocycles. The quantitative estimate of drug-likeness (QED) is 0.150. The maximum absolute atomic E-state index is 6.51. The van der Waals surface area contributed by atoms with Crippen molar-refractivity contribution < 1.29 is 4.42 Å². The molecule has 0 bridgehead atoms. The molecule has 0 amide bonds. The van der Waals surface area contributed by atoms with Gasteiger partial charge < -0.3 is 9.32 Å². The molecule has 12 aromatic rings. The smallest absolute Gasteiger partial charge is 0.143 e. The second-order valence-corrected chi connectivity index (χ2v) is 15.7. The third-order valence-electron chi connectivity index (χ3n) is 12.3. The number of hydrogen-bond donors (Lipinski definition) is 0. The van der Waals surface area contributed by atoms with Crippen LogP contribution in [0.5, 0.6) is 0 Å². The Bertz CT molecular complexity index is 3370. The number of anilines is 3. The molecule has 0 radical (unpaired) electrons. The van der Waals surface area contributed by atoms with Crippen LogP contribution in [-0.4, -0.2) is 0 Å². The predicted octanol–water partition coefficient (Wildman–Crippen LogP) is 16.6. The summed E-state index contributed by atoms with van der Waals surface area (Å²) in [5, 5.41) is 9.84. The molecule has 280 valence electrons. The van der Waals surface area contributed by atoms with E-state index in [1.165, 1.54) is 70.9 Å². The van der Waals surface area contributed by atoms with Gasteiger partial charge in [0.1, 0.15) is 11.2 Å². The third kappa shape index (κ3) is 5.65. The molecule has 0 unspecified atom stereocenters. The first-order chi connectivity index (χ1) is 29.7. The van der Waals surface area contributed by atoms with E-state index in [1.54, 1.807) is 0 Å². The van der Waals surface area contributed by atoms with E-state index >= 15 is 0 Å². The van der Waals surface area contributed by atoms with E-state index in [9.17, 15) is 0 Å². The lowest BCUT2D eigenvalue weighted by molar-refractivity contribution is 0.670. The Morgan fingerprint density at radius 3 is 1.23 bits per heavy atom. The Morgan fingerprint density at radius 2 is 0.667 bits per heavy atom. The van der Waals surface area contributed by atoms with Gasteiger partial charge in [-0.1, -0.05) is 176 Å². The van der Waals surface area contributed by atoms with Crippen LogP contribution in [0.1, 0.15) is 0 Å². The van der Waals surface area contributed by atoms with E-state index in [2.05, 4.69) is 229 Å². The lowest BCUT2D eigenvalue weighted by Gasteiger charge is -2.26. The van der Waals surface area contributed by atoms with Crippen molar-refractivity contribution in [3.05, 3.63) is 224 Å². The summed E-state index contributed by atoms with van der Waals surface area (Å²) in [5.41, 5.74) is 14.6. The van der Waals surface area contributed by atoms with Crippen LogP contribution >= 0.6 is 0 Å². The molecule has 60 heavy (non-hydrogen) atoms. The van der Waals surface area contributed by atoms with Crippen LogP contribution in [0, 0.1) is 0 Å². The average molecular weight is 764 g/mol. The Balaban J connectivity index is 0.897. The largest absolute Gasteiger partial charge is 0.455 e. The number of nitrogens with zero attached hydrogens (tertiary/aromatic N) is 1. The molecule has 1 heterocycles. The summed E-state index contributed by atoms with van der Waals surface area (Å²) in [6, 6.07) is 81.2. The van der Waals surface area contributed by atoms with Gasteiger partial charge in [-0.25, -0.2) is 0 Å². The van der Waals surface area contributed by atoms with Gasteiger partial charge in [0.2, 0.25) is 0 Å². The van der Waals surface area contributed by atoms with Gasteiger partial charge in [-0.2, -0.15) is 0 Å². The zero-order chi connectivity index (χ0) is 39.6. The van der Waals surface area contributed by atoms with Crippen molar-refractivity contribution in [3.63, 3.8) is 0 Å². The summed E-state index contributed by atoms with van der Waals surface area (Å²) in [6.45, 7) is 0. The summed E-state index contributed by atoms with van der Waals surface area (Å²) in [5.74, 6) is 0. The Kier molecular flexibility index (Phi) is 7.89. The van der Waals surface area contributed by atoms with Crippen LogP contribution in [-0.2, 0) is 0 Å². The number of fused-ring (bicyclic) bond motifs is 2. The van der Waals surface area contributed by atoms with Crippen molar-refractivity contribution in [1.82, 2.24) is 0 Å². The standard InChI is InChI=1S/C58H37NO/c1-3-13-50-40(8-1)10-5-15-52(50)42-26-33-48(34-27-42)59(49-35-28-43(29-36-49)53-16-6-11-41-9-2-4-14-51(41)53)47-31-24-39(25-32-47)38-18-20-44(21-19-38)54-37-30-46-23-22-45-12-7-17-55-56(45)57(46)58(54)60-55/h1-37H. The topological polar surface area (TPSA) is 16.4 Å². The highest BCUT2D eigenvalue weighted by Crippen LogP contribution is 2.43. The fourth-order valence-electron chi connectivity index (χ4n) is 9.28. The van der Waals surface area contributed by atoms with Crippen molar-refractivity contribution in [1.29, 1.82) is 0 Å². The van der Waals surface area contributed by atoms with Crippen molar-refractivity contribution in [2.45, 2.75) is 0 Å². The number of benzene rings is 11. The van der Waals surface area contributed by atoms with E-state index in [0.29, 0.717) is 0 Å².